The topological polar surface area (TPSA) is 64.3 Å². The lowest BCUT2D eigenvalue weighted by molar-refractivity contribution is 0.414. The summed E-state index contributed by atoms with van der Waals surface area (Å²) in [5, 5.41) is 3.35. The highest BCUT2D eigenvalue weighted by molar-refractivity contribution is 5.68. The van der Waals surface area contributed by atoms with E-state index in [4.69, 9.17) is 9.72 Å². The molecule has 136 valence electrons. The van der Waals surface area contributed by atoms with Gasteiger partial charge in [-0.1, -0.05) is 6.07 Å². The molecule has 0 amide bonds. The smallest absolute Gasteiger partial charge is 0.227 e. The number of ether oxygens (including phenoxy) is 1. The molecule has 6 heteroatoms. The molecule has 6 nitrogen and oxygen atoms in total. The number of nitrogens with one attached hydrogen (secondary N) is 1. The summed E-state index contributed by atoms with van der Waals surface area (Å²) in [4.78, 5) is 13.7. The molecule has 0 aliphatic rings. The van der Waals surface area contributed by atoms with Crippen LogP contribution in [0.25, 0.3) is 17.0 Å². The van der Waals surface area contributed by atoms with E-state index in [0.29, 0.717) is 5.95 Å². The molecule has 3 heterocycles. The number of rotatable bonds is 4. The van der Waals surface area contributed by atoms with Gasteiger partial charge in [0, 0.05) is 18.1 Å². The van der Waals surface area contributed by atoms with Crippen molar-refractivity contribution < 1.29 is 4.74 Å². The zero-order chi connectivity index (χ0) is 19.0. The average molecular weight is 359 g/mol. The first kappa shape index (κ1) is 17.0. The second-order valence-corrected chi connectivity index (χ2v) is 6.50. The molecule has 0 aliphatic heterocycles. The molecule has 0 fully saturated rings. The molecule has 1 N–H and O–H groups in total. The number of anilines is 2. The fraction of sp³-hybridized carbons (Fsp3) is 0.190. The zero-order valence-corrected chi connectivity index (χ0v) is 15.8. The zero-order valence-electron chi connectivity index (χ0n) is 15.8. The van der Waals surface area contributed by atoms with Crippen LogP contribution in [0.15, 0.2) is 48.8 Å². The summed E-state index contributed by atoms with van der Waals surface area (Å²) >= 11 is 0. The van der Waals surface area contributed by atoms with Crippen LogP contribution < -0.4 is 10.1 Å². The molecule has 1 aromatic carbocycles. The van der Waals surface area contributed by atoms with Gasteiger partial charge in [0.05, 0.1) is 24.2 Å². The van der Waals surface area contributed by atoms with Gasteiger partial charge in [0.2, 0.25) is 5.95 Å². The number of pyridine rings is 1. The van der Waals surface area contributed by atoms with Crippen LogP contribution in [0.5, 0.6) is 5.75 Å². The summed E-state index contributed by atoms with van der Waals surface area (Å²) in [6, 6.07) is 11.8. The molecule has 0 atom stereocenters. The molecule has 0 radical (unpaired) electrons. The molecular weight excluding hydrogens is 338 g/mol. The normalized spacial score (nSPS) is 11.0. The van der Waals surface area contributed by atoms with Crippen molar-refractivity contribution in [2.45, 2.75) is 20.8 Å². The fourth-order valence-corrected chi connectivity index (χ4v) is 3.32. The third-order valence-electron chi connectivity index (χ3n) is 4.58. The minimum atomic E-state index is 0.550. The van der Waals surface area contributed by atoms with Crippen LogP contribution in [-0.4, -0.2) is 26.5 Å². The van der Waals surface area contributed by atoms with Crippen LogP contribution in [0.3, 0.4) is 0 Å². The highest BCUT2D eigenvalue weighted by Crippen LogP contribution is 2.29. The molecular formula is C21H21N5O. The SMILES string of the molecule is COc1cc(C)c(Nc2nccc(-c3c(C)nc4ccccn34)n2)c(C)c1. The maximum Gasteiger partial charge on any atom is 0.227 e. The molecule has 0 bridgehead atoms. The largest absolute Gasteiger partial charge is 0.497 e. The third kappa shape index (κ3) is 3.10. The van der Waals surface area contributed by atoms with Crippen molar-refractivity contribution in [2.75, 3.05) is 12.4 Å². The lowest BCUT2D eigenvalue weighted by atomic mass is 10.1. The van der Waals surface area contributed by atoms with E-state index in [1.54, 1.807) is 13.3 Å². The number of fused-ring (bicyclic) bond motifs is 1. The summed E-state index contributed by atoms with van der Waals surface area (Å²) in [5.74, 6) is 1.39. The standard InChI is InChI=1S/C21H21N5O/c1-13-11-16(27-4)12-14(2)19(13)25-21-22-9-8-17(24-21)20-15(3)23-18-7-5-6-10-26(18)20/h5-12H,1-4H3,(H,22,24,25). The maximum atomic E-state index is 5.33. The Morgan fingerprint density at radius 3 is 2.52 bits per heavy atom. The van der Waals surface area contributed by atoms with Crippen molar-refractivity contribution in [2.24, 2.45) is 0 Å². The first-order chi connectivity index (χ1) is 13.1. The summed E-state index contributed by atoms with van der Waals surface area (Å²) in [7, 11) is 1.67. The van der Waals surface area contributed by atoms with Crippen molar-refractivity contribution in [1.82, 2.24) is 19.4 Å². The molecule has 3 aromatic heterocycles. The molecule has 4 rings (SSSR count). The lowest BCUT2D eigenvalue weighted by Gasteiger charge is -2.14. The fourth-order valence-electron chi connectivity index (χ4n) is 3.32. The van der Waals surface area contributed by atoms with Gasteiger partial charge in [-0.3, -0.25) is 4.40 Å². The number of benzene rings is 1. The minimum absolute atomic E-state index is 0.550. The third-order valence-corrected chi connectivity index (χ3v) is 4.58. The molecule has 0 unspecified atom stereocenters. The van der Waals surface area contributed by atoms with Gasteiger partial charge < -0.3 is 10.1 Å². The second kappa shape index (κ2) is 6.72. The van der Waals surface area contributed by atoms with Crippen molar-refractivity contribution in [3.05, 3.63) is 65.6 Å². The Kier molecular flexibility index (Phi) is 4.24. The van der Waals surface area contributed by atoms with Crippen LogP contribution in [0.1, 0.15) is 16.8 Å². The Morgan fingerprint density at radius 2 is 1.78 bits per heavy atom. The molecule has 0 spiro atoms. The Balaban J connectivity index is 1.75. The van der Waals surface area contributed by atoms with Crippen molar-refractivity contribution >= 4 is 17.3 Å². The van der Waals surface area contributed by atoms with Crippen LogP contribution in [0, 0.1) is 20.8 Å². The minimum Gasteiger partial charge on any atom is -0.497 e. The monoisotopic (exact) mass is 359 g/mol. The van der Waals surface area contributed by atoms with Gasteiger partial charge in [-0.05, 0) is 62.2 Å². The Morgan fingerprint density at radius 1 is 1.00 bits per heavy atom. The van der Waals surface area contributed by atoms with E-state index in [2.05, 4.69) is 15.3 Å². The Hall–Kier alpha value is -3.41. The van der Waals surface area contributed by atoms with E-state index >= 15 is 0 Å². The molecule has 0 aliphatic carbocycles. The highest BCUT2D eigenvalue weighted by Gasteiger charge is 2.13. The van der Waals surface area contributed by atoms with E-state index in [0.717, 1.165) is 45.3 Å². The lowest BCUT2D eigenvalue weighted by Crippen LogP contribution is -2.02. The van der Waals surface area contributed by atoms with E-state index in [1.165, 1.54) is 0 Å². The van der Waals surface area contributed by atoms with Gasteiger partial charge in [-0.25, -0.2) is 15.0 Å². The van der Waals surface area contributed by atoms with E-state index in [-0.39, 0.29) is 0 Å². The van der Waals surface area contributed by atoms with Gasteiger partial charge in [-0.2, -0.15) is 0 Å². The summed E-state index contributed by atoms with van der Waals surface area (Å²) in [6.07, 6.45) is 3.76. The number of hydrogen-bond acceptors (Lipinski definition) is 5. The number of hydrogen-bond donors (Lipinski definition) is 1. The van der Waals surface area contributed by atoms with Crippen LogP contribution in [-0.2, 0) is 0 Å². The predicted molar refractivity (Wildman–Crippen MR) is 107 cm³/mol. The molecule has 0 saturated carbocycles. The molecule has 27 heavy (non-hydrogen) atoms. The Labute approximate surface area is 157 Å². The summed E-state index contributed by atoms with van der Waals surface area (Å²) < 4.78 is 7.38. The van der Waals surface area contributed by atoms with Gasteiger partial charge in [-0.15, -0.1) is 0 Å². The maximum absolute atomic E-state index is 5.33. The number of nitrogens with zero attached hydrogens (tertiary/aromatic N) is 4. The Bertz CT molecular complexity index is 1110. The molecule has 4 aromatic rings. The van der Waals surface area contributed by atoms with Crippen LogP contribution in [0.4, 0.5) is 11.6 Å². The first-order valence-corrected chi connectivity index (χ1v) is 8.76. The van der Waals surface area contributed by atoms with Crippen molar-refractivity contribution in [1.29, 1.82) is 0 Å². The van der Waals surface area contributed by atoms with E-state index < -0.39 is 0 Å². The second-order valence-electron chi connectivity index (χ2n) is 6.50. The van der Waals surface area contributed by atoms with Crippen LogP contribution >= 0.6 is 0 Å². The average Bonchev–Trinajstić information content (AvgIpc) is 3.00. The van der Waals surface area contributed by atoms with Gasteiger partial charge in [0.15, 0.2) is 0 Å². The van der Waals surface area contributed by atoms with Gasteiger partial charge in [0.25, 0.3) is 0 Å². The number of imidazole rings is 1. The number of aryl methyl sites for hydroxylation is 3. The summed E-state index contributed by atoms with van der Waals surface area (Å²) in [6.45, 7) is 6.07. The van der Waals surface area contributed by atoms with Crippen molar-refractivity contribution in [3.63, 3.8) is 0 Å². The quantitative estimate of drug-likeness (QED) is 0.582. The highest BCUT2D eigenvalue weighted by atomic mass is 16.5. The predicted octanol–water partition coefficient (Wildman–Crippen LogP) is 4.47. The van der Waals surface area contributed by atoms with Crippen LogP contribution in [0.2, 0.25) is 0 Å². The first-order valence-electron chi connectivity index (χ1n) is 8.76. The van der Waals surface area contributed by atoms with E-state index in [1.807, 2.05) is 67.8 Å². The van der Waals surface area contributed by atoms with Gasteiger partial charge in [0.1, 0.15) is 11.4 Å². The number of aromatic nitrogens is 4. The van der Waals surface area contributed by atoms with E-state index in [9.17, 15) is 0 Å². The number of methoxy groups -OCH3 is 1. The molecule has 0 saturated heterocycles. The summed E-state index contributed by atoms with van der Waals surface area (Å²) in [5.41, 5.74) is 6.77. The van der Waals surface area contributed by atoms with Crippen molar-refractivity contribution in [3.8, 4) is 17.1 Å². The van der Waals surface area contributed by atoms with Gasteiger partial charge >= 0.3 is 0 Å².